The van der Waals surface area contributed by atoms with Crippen molar-refractivity contribution in [3.63, 3.8) is 0 Å². The SMILES string of the molecule is CNC(=O)c1nn(CC2(c3ccc(-c4ccncc4)cc3)CCCC2)cc(O)c1=O. The number of amides is 1. The van der Waals surface area contributed by atoms with Crippen molar-refractivity contribution in [2.45, 2.75) is 37.6 Å². The Balaban J connectivity index is 1.68. The summed E-state index contributed by atoms with van der Waals surface area (Å²) < 4.78 is 1.53. The summed E-state index contributed by atoms with van der Waals surface area (Å²) in [6.45, 7) is 0.486. The van der Waals surface area contributed by atoms with Gasteiger partial charge in [0.1, 0.15) is 0 Å². The maximum absolute atomic E-state index is 12.1. The summed E-state index contributed by atoms with van der Waals surface area (Å²) in [6, 6.07) is 12.5. The van der Waals surface area contributed by atoms with Gasteiger partial charge in [0, 0.05) is 24.9 Å². The largest absolute Gasteiger partial charge is 0.503 e. The van der Waals surface area contributed by atoms with E-state index in [-0.39, 0.29) is 11.1 Å². The van der Waals surface area contributed by atoms with Crippen LogP contribution in [0.3, 0.4) is 0 Å². The highest BCUT2D eigenvalue weighted by molar-refractivity contribution is 5.92. The molecule has 2 aromatic heterocycles. The van der Waals surface area contributed by atoms with Gasteiger partial charge in [0.25, 0.3) is 11.3 Å². The molecule has 1 amide bonds. The zero-order chi connectivity index (χ0) is 21.1. The van der Waals surface area contributed by atoms with E-state index in [1.165, 1.54) is 23.5 Å². The molecule has 1 aromatic carbocycles. The van der Waals surface area contributed by atoms with Gasteiger partial charge in [0.15, 0.2) is 11.4 Å². The van der Waals surface area contributed by atoms with Gasteiger partial charge in [-0.15, -0.1) is 0 Å². The Labute approximate surface area is 174 Å². The minimum Gasteiger partial charge on any atom is -0.503 e. The van der Waals surface area contributed by atoms with Crippen molar-refractivity contribution in [1.82, 2.24) is 20.1 Å². The number of benzene rings is 1. The summed E-state index contributed by atoms with van der Waals surface area (Å²) in [5.41, 5.74) is 2.21. The summed E-state index contributed by atoms with van der Waals surface area (Å²) in [6.07, 6.45) is 9.03. The lowest BCUT2D eigenvalue weighted by Crippen LogP contribution is -2.33. The van der Waals surface area contributed by atoms with Gasteiger partial charge in [0.2, 0.25) is 0 Å². The van der Waals surface area contributed by atoms with E-state index in [4.69, 9.17) is 0 Å². The second kappa shape index (κ2) is 8.10. The summed E-state index contributed by atoms with van der Waals surface area (Å²) in [5.74, 6) is -1.07. The Morgan fingerprint density at radius 3 is 2.37 bits per heavy atom. The van der Waals surface area contributed by atoms with Gasteiger partial charge in [0.05, 0.1) is 12.7 Å². The Bertz CT molecular complexity index is 1100. The summed E-state index contributed by atoms with van der Waals surface area (Å²) in [5, 5.41) is 16.7. The molecular weight excluding hydrogens is 380 g/mol. The minimum atomic E-state index is -0.757. The Morgan fingerprint density at radius 2 is 1.73 bits per heavy atom. The van der Waals surface area contributed by atoms with E-state index in [9.17, 15) is 14.7 Å². The van der Waals surface area contributed by atoms with Gasteiger partial charge in [-0.05, 0) is 41.7 Å². The fraction of sp³-hybridized carbons (Fsp3) is 0.304. The average molecular weight is 404 g/mol. The number of nitrogens with zero attached hydrogens (tertiary/aromatic N) is 3. The maximum atomic E-state index is 12.1. The Morgan fingerprint density at radius 1 is 1.10 bits per heavy atom. The number of hydrogen-bond donors (Lipinski definition) is 2. The molecular formula is C23H24N4O3. The van der Waals surface area contributed by atoms with E-state index >= 15 is 0 Å². The summed E-state index contributed by atoms with van der Waals surface area (Å²) >= 11 is 0. The zero-order valence-electron chi connectivity index (χ0n) is 16.8. The van der Waals surface area contributed by atoms with Gasteiger partial charge >= 0.3 is 0 Å². The molecule has 1 fully saturated rings. The van der Waals surface area contributed by atoms with E-state index < -0.39 is 17.1 Å². The van der Waals surface area contributed by atoms with Gasteiger partial charge in [-0.25, -0.2) is 0 Å². The number of pyridine rings is 1. The molecule has 2 N–H and O–H groups in total. The maximum Gasteiger partial charge on any atom is 0.275 e. The van der Waals surface area contributed by atoms with Crippen LogP contribution in [-0.4, -0.2) is 32.8 Å². The van der Waals surface area contributed by atoms with Crippen molar-refractivity contribution >= 4 is 5.91 Å². The second-order valence-electron chi connectivity index (χ2n) is 7.77. The molecule has 0 bridgehead atoms. The first kappa shape index (κ1) is 19.8. The smallest absolute Gasteiger partial charge is 0.275 e. The molecule has 1 aliphatic rings. The molecule has 0 radical (unpaired) electrons. The van der Waals surface area contributed by atoms with Gasteiger partial charge in [-0.2, -0.15) is 5.10 Å². The normalized spacial score (nSPS) is 15.1. The molecule has 0 aliphatic heterocycles. The molecule has 7 heteroatoms. The van der Waals surface area contributed by atoms with Gasteiger partial charge in [-0.1, -0.05) is 37.1 Å². The number of carbonyl (C=O) groups is 1. The summed E-state index contributed by atoms with van der Waals surface area (Å²) in [7, 11) is 1.43. The topological polar surface area (TPSA) is 97.1 Å². The van der Waals surface area contributed by atoms with Crippen molar-refractivity contribution < 1.29 is 9.90 Å². The predicted octanol–water partition coefficient (Wildman–Crippen LogP) is 2.88. The van der Waals surface area contributed by atoms with Crippen LogP contribution in [0.1, 0.15) is 41.7 Å². The highest BCUT2D eigenvalue weighted by Crippen LogP contribution is 2.43. The Hall–Kier alpha value is -3.48. The monoisotopic (exact) mass is 404 g/mol. The molecule has 7 nitrogen and oxygen atoms in total. The third-order valence-electron chi connectivity index (χ3n) is 5.93. The van der Waals surface area contributed by atoms with Crippen molar-refractivity contribution in [2.24, 2.45) is 0 Å². The second-order valence-corrected chi connectivity index (χ2v) is 7.77. The first-order valence-electron chi connectivity index (χ1n) is 10.1. The molecule has 3 aromatic rings. The lowest BCUT2D eigenvalue weighted by atomic mass is 9.78. The lowest BCUT2D eigenvalue weighted by Gasteiger charge is -2.30. The third kappa shape index (κ3) is 3.70. The molecule has 4 rings (SSSR count). The summed E-state index contributed by atoms with van der Waals surface area (Å²) in [4.78, 5) is 28.2. The van der Waals surface area contributed by atoms with E-state index in [0.717, 1.165) is 36.8 Å². The predicted molar refractivity (Wildman–Crippen MR) is 113 cm³/mol. The van der Waals surface area contributed by atoms with E-state index in [2.05, 4.69) is 39.7 Å². The Kier molecular flexibility index (Phi) is 5.35. The van der Waals surface area contributed by atoms with Crippen molar-refractivity contribution in [3.8, 4) is 16.9 Å². The van der Waals surface area contributed by atoms with Crippen LogP contribution in [0.15, 0.2) is 59.8 Å². The first-order valence-corrected chi connectivity index (χ1v) is 10.1. The van der Waals surface area contributed by atoms with Gasteiger partial charge < -0.3 is 10.4 Å². The van der Waals surface area contributed by atoms with Crippen molar-refractivity contribution in [2.75, 3.05) is 7.05 Å². The number of carbonyl (C=O) groups excluding carboxylic acids is 1. The zero-order valence-corrected chi connectivity index (χ0v) is 16.8. The molecule has 0 unspecified atom stereocenters. The number of hydrogen-bond acceptors (Lipinski definition) is 5. The molecule has 0 spiro atoms. The van der Waals surface area contributed by atoms with Crippen molar-refractivity contribution in [3.05, 3.63) is 76.5 Å². The third-order valence-corrected chi connectivity index (χ3v) is 5.93. The van der Waals surface area contributed by atoms with E-state index in [1.54, 1.807) is 12.4 Å². The van der Waals surface area contributed by atoms with Crippen LogP contribution in [0.5, 0.6) is 5.75 Å². The first-order chi connectivity index (χ1) is 14.5. The minimum absolute atomic E-state index is 0.161. The molecule has 1 aliphatic carbocycles. The van der Waals surface area contributed by atoms with Crippen LogP contribution in [0.4, 0.5) is 0 Å². The average Bonchev–Trinajstić information content (AvgIpc) is 3.26. The number of rotatable bonds is 5. The van der Waals surface area contributed by atoms with Crippen LogP contribution in [0, 0.1) is 0 Å². The number of aromatic hydroxyl groups is 1. The van der Waals surface area contributed by atoms with Crippen LogP contribution in [0.2, 0.25) is 0 Å². The van der Waals surface area contributed by atoms with Crippen molar-refractivity contribution in [1.29, 1.82) is 0 Å². The lowest BCUT2D eigenvalue weighted by molar-refractivity contribution is 0.0953. The molecule has 2 heterocycles. The molecule has 154 valence electrons. The standard InChI is InChI=1S/C23H24N4O3/c1-24-22(30)20-21(29)19(28)14-27(26-20)15-23(10-2-3-11-23)18-6-4-16(5-7-18)17-8-12-25-13-9-17/h4-9,12-14,28H,2-3,10-11,15H2,1H3,(H,24,30). The van der Waals surface area contributed by atoms with Gasteiger partial charge in [-0.3, -0.25) is 19.3 Å². The van der Waals surface area contributed by atoms with Crippen LogP contribution in [0.25, 0.3) is 11.1 Å². The van der Waals surface area contributed by atoms with Crippen LogP contribution >= 0.6 is 0 Å². The van der Waals surface area contributed by atoms with E-state index in [0.29, 0.717) is 6.54 Å². The van der Waals surface area contributed by atoms with Crippen LogP contribution in [-0.2, 0) is 12.0 Å². The quantitative estimate of drug-likeness (QED) is 0.682. The molecule has 1 saturated carbocycles. The number of aromatic nitrogens is 3. The molecule has 0 saturated heterocycles. The fourth-order valence-electron chi connectivity index (χ4n) is 4.33. The fourth-order valence-corrected chi connectivity index (χ4v) is 4.33. The molecule has 30 heavy (non-hydrogen) atoms. The van der Waals surface area contributed by atoms with E-state index in [1.807, 2.05) is 12.1 Å². The van der Waals surface area contributed by atoms with Crippen LogP contribution < -0.4 is 10.7 Å². The molecule has 0 atom stereocenters. The highest BCUT2D eigenvalue weighted by atomic mass is 16.3. The highest BCUT2D eigenvalue weighted by Gasteiger charge is 2.36. The number of nitrogens with one attached hydrogen (secondary N) is 1.